The predicted molar refractivity (Wildman–Crippen MR) is 242 cm³/mol. The molecule has 0 radical (unpaired) electrons. The second-order valence-corrected chi connectivity index (χ2v) is 16.1. The largest absolute Gasteiger partial charge is 0.456 e. The van der Waals surface area contributed by atoms with E-state index < -0.39 is 0 Å². The Labute approximate surface area is 336 Å². The summed E-state index contributed by atoms with van der Waals surface area (Å²) in [4.78, 5) is 2.32. The van der Waals surface area contributed by atoms with Crippen molar-refractivity contribution in [3.63, 3.8) is 0 Å². The first kappa shape index (κ1) is 32.8. The molecule has 11 aromatic rings. The molecule has 0 unspecified atom stereocenters. The summed E-state index contributed by atoms with van der Waals surface area (Å²) in [5, 5.41) is 7.09. The molecule has 2 heterocycles. The van der Waals surface area contributed by atoms with Crippen molar-refractivity contribution in [1.82, 2.24) is 0 Å². The van der Waals surface area contributed by atoms with E-state index in [2.05, 4.69) is 183 Å². The van der Waals surface area contributed by atoms with Crippen molar-refractivity contribution in [2.45, 2.75) is 19.3 Å². The number of hydrogen-bond acceptors (Lipinski definition) is 3. The molecule has 1 aliphatic rings. The van der Waals surface area contributed by atoms with Crippen molar-refractivity contribution >= 4 is 71.7 Å². The zero-order chi connectivity index (χ0) is 38.5. The molecule has 0 saturated heterocycles. The molecule has 0 aliphatic heterocycles. The maximum atomic E-state index is 6.20. The van der Waals surface area contributed by atoms with Gasteiger partial charge in [-0.05, 0) is 134 Å². The van der Waals surface area contributed by atoms with Crippen LogP contribution in [-0.2, 0) is 5.41 Å². The molecule has 2 aromatic heterocycles. The summed E-state index contributed by atoms with van der Waals surface area (Å²) >= 11 is 0. The van der Waals surface area contributed by atoms with E-state index in [1.54, 1.807) is 0 Å². The Kier molecular flexibility index (Phi) is 6.98. The first-order valence-corrected chi connectivity index (χ1v) is 20.0. The Morgan fingerprint density at radius 2 is 0.879 bits per heavy atom. The number of para-hydroxylation sites is 3. The second-order valence-electron chi connectivity index (χ2n) is 16.1. The maximum Gasteiger partial charge on any atom is 0.135 e. The van der Waals surface area contributed by atoms with Crippen molar-refractivity contribution in [1.29, 1.82) is 0 Å². The third kappa shape index (κ3) is 4.86. The zero-order valence-electron chi connectivity index (χ0n) is 32.2. The van der Waals surface area contributed by atoms with Gasteiger partial charge in [-0.25, -0.2) is 0 Å². The molecule has 0 spiro atoms. The van der Waals surface area contributed by atoms with Crippen LogP contribution in [0, 0.1) is 0 Å². The average molecular weight is 744 g/mol. The van der Waals surface area contributed by atoms with E-state index in [9.17, 15) is 0 Å². The summed E-state index contributed by atoms with van der Waals surface area (Å²) in [5.74, 6) is 0. The Morgan fingerprint density at radius 3 is 1.60 bits per heavy atom. The van der Waals surface area contributed by atoms with Crippen molar-refractivity contribution < 1.29 is 8.83 Å². The number of fused-ring (bicyclic) bond motifs is 11. The van der Waals surface area contributed by atoms with Crippen LogP contribution >= 0.6 is 0 Å². The number of rotatable bonds is 5. The molecule has 3 nitrogen and oxygen atoms in total. The van der Waals surface area contributed by atoms with Gasteiger partial charge in [0.15, 0.2) is 0 Å². The van der Waals surface area contributed by atoms with E-state index in [1.165, 1.54) is 55.3 Å². The van der Waals surface area contributed by atoms with Crippen LogP contribution in [0.5, 0.6) is 0 Å². The smallest absolute Gasteiger partial charge is 0.135 e. The fourth-order valence-electron chi connectivity index (χ4n) is 9.58. The summed E-state index contributed by atoms with van der Waals surface area (Å²) in [6.45, 7) is 4.77. The minimum Gasteiger partial charge on any atom is -0.456 e. The number of hydrogen-bond donors (Lipinski definition) is 0. The highest BCUT2D eigenvalue weighted by Gasteiger charge is 2.37. The first-order valence-electron chi connectivity index (χ1n) is 20.0. The van der Waals surface area contributed by atoms with E-state index in [-0.39, 0.29) is 5.41 Å². The van der Waals surface area contributed by atoms with E-state index in [1.807, 2.05) is 24.3 Å². The monoisotopic (exact) mass is 743 g/mol. The number of anilines is 3. The van der Waals surface area contributed by atoms with E-state index >= 15 is 0 Å². The molecule has 0 amide bonds. The highest BCUT2D eigenvalue weighted by Crippen LogP contribution is 2.54. The Balaban J connectivity index is 0.940. The molecular formula is C55H37NO2. The predicted octanol–water partition coefficient (Wildman–Crippen LogP) is 15.7. The third-order valence-electron chi connectivity index (χ3n) is 12.5. The van der Waals surface area contributed by atoms with Gasteiger partial charge in [-0.1, -0.05) is 123 Å². The SMILES string of the molecule is CC1(C)c2cc(-c3ccc(N(c4ccccc4)c4ccc5oc6ccccc6c5c4)cc3)ccc2-c2c1cc(-c1ccc3oc4ccccc4c3c1)c1ccccc21. The molecule has 0 bridgehead atoms. The van der Waals surface area contributed by atoms with Crippen LogP contribution in [0.15, 0.2) is 197 Å². The molecule has 0 N–H and O–H groups in total. The van der Waals surface area contributed by atoms with Crippen LogP contribution in [0.4, 0.5) is 17.1 Å². The normalized spacial score (nSPS) is 13.1. The minimum atomic E-state index is -0.203. The lowest BCUT2D eigenvalue weighted by atomic mass is 9.80. The number of nitrogens with zero attached hydrogens (tertiary/aromatic N) is 1. The van der Waals surface area contributed by atoms with E-state index in [0.29, 0.717) is 0 Å². The average Bonchev–Trinajstić information content (AvgIpc) is 3.91. The summed E-state index contributed by atoms with van der Waals surface area (Å²) < 4.78 is 12.4. The van der Waals surface area contributed by atoms with Crippen LogP contribution in [0.25, 0.3) is 88.0 Å². The summed E-state index contributed by atoms with van der Waals surface area (Å²) in [5.41, 5.74) is 16.9. The topological polar surface area (TPSA) is 29.5 Å². The second kappa shape index (κ2) is 12.3. The Bertz CT molecular complexity index is 3420. The van der Waals surface area contributed by atoms with Gasteiger partial charge in [0.1, 0.15) is 22.3 Å². The summed E-state index contributed by atoms with van der Waals surface area (Å²) in [7, 11) is 0. The quantitative estimate of drug-likeness (QED) is 0.176. The molecule has 0 fully saturated rings. The highest BCUT2D eigenvalue weighted by atomic mass is 16.3. The fraction of sp³-hybridized carbons (Fsp3) is 0.0545. The van der Waals surface area contributed by atoms with E-state index in [0.717, 1.165) is 60.9 Å². The lowest BCUT2D eigenvalue weighted by molar-refractivity contribution is 0.661. The molecule has 0 atom stereocenters. The van der Waals surface area contributed by atoms with Gasteiger partial charge >= 0.3 is 0 Å². The highest BCUT2D eigenvalue weighted by molar-refractivity contribution is 6.12. The molecule has 3 heteroatoms. The number of furan rings is 2. The van der Waals surface area contributed by atoms with Crippen molar-refractivity contribution in [2.75, 3.05) is 4.90 Å². The zero-order valence-corrected chi connectivity index (χ0v) is 32.2. The molecule has 58 heavy (non-hydrogen) atoms. The molecule has 12 rings (SSSR count). The van der Waals surface area contributed by atoms with Gasteiger partial charge in [0, 0.05) is 44.0 Å². The van der Waals surface area contributed by atoms with Gasteiger partial charge in [-0.2, -0.15) is 0 Å². The van der Waals surface area contributed by atoms with Gasteiger partial charge in [-0.15, -0.1) is 0 Å². The molecule has 0 saturated carbocycles. The first-order chi connectivity index (χ1) is 28.5. The van der Waals surface area contributed by atoms with Crippen LogP contribution in [-0.4, -0.2) is 0 Å². The van der Waals surface area contributed by atoms with Gasteiger partial charge in [0.2, 0.25) is 0 Å². The summed E-state index contributed by atoms with van der Waals surface area (Å²) in [6.07, 6.45) is 0. The Hall–Kier alpha value is -7.36. The molecule has 9 aromatic carbocycles. The van der Waals surface area contributed by atoms with Crippen LogP contribution in [0.2, 0.25) is 0 Å². The van der Waals surface area contributed by atoms with E-state index in [4.69, 9.17) is 8.83 Å². The minimum absolute atomic E-state index is 0.203. The van der Waals surface area contributed by atoms with Crippen LogP contribution in [0.3, 0.4) is 0 Å². The molecule has 1 aliphatic carbocycles. The third-order valence-corrected chi connectivity index (χ3v) is 12.5. The van der Waals surface area contributed by atoms with Gasteiger partial charge in [-0.3, -0.25) is 0 Å². The Morgan fingerprint density at radius 1 is 0.345 bits per heavy atom. The van der Waals surface area contributed by atoms with Gasteiger partial charge in [0.05, 0.1) is 0 Å². The van der Waals surface area contributed by atoms with Gasteiger partial charge in [0.25, 0.3) is 0 Å². The standard InChI is InChI=1S/C55H37NO2/c1-55(2)48-31-35(34-20-24-38(25-21-34)56(37-12-4-3-5-13-37)39-26-29-53-47(32-39)42-16-9-11-19-51(42)58-53)22-27-44(48)54-43-17-7-6-14-40(43)45(33-49(54)55)36-23-28-52-46(30-36)41-15-8-10-18-50(41)57-52/h3-33H,1-2H3. The van der Waals surface area contributed by atoms with Crippen LogP contribution in [0.1, 0.15) is 25.0 Å². The van der Waals surface area contributed by atoms with Crippen LogP contribution < -0.4 is 4.90 Å². The molecule has 274 valence electrons. The van der Waals surface area contributed by atoms with Crippen molar-refractivity contribution in [3.05, 3.63) is 199 Å². The van der Waals surface area contributed by atoms with Crippen molar-refractivity contribution in [3.8, 4) is 33.4 Å². The lowest BCUT2D eigenvalue weighted by Crippen LogP contribution is -2.15. The molecular weight excluding hydrogens is 707 g/mol. The number of benzene rings is 9. The summed E-state index contributed by atoms with van der Waals surface area (Å²) in [6, 6.07) is 67.7. The van der Waals surface area contributed by atoms with Gasteiger partial charge < -0.3 is 13.7 Å². The van der Waals surface area contributed by atoms with Crippen molar-refractivity contribution in [2.24, 2.45) is 0 Å². The maximum absolute atomic E-state index is 6.20. The lowest BCUT2D eigenvalue weighted by Gasteiger charge is -2.26. The fourth-order valence-corrected chi connectivity index (χ4v) is 9.58.